The maximum Gasteiger partial charge on any atom is 0.323 e. The summed E-state index contributed by atoms with van der Waals surface area (Å²) in [5, 5.41) is 10.9. The number of para-hydroxylation sites is 2. The van der Waals surface area contributed by atoms with Crippen molar-refractivity contribution in [1.82, 2.24) is 10.6 Å². The summed E-state index contributed by atoms with van der Waals surface area (Å²) in [6.07, 6.45) is 1.24. The Labute approximate surface area is 180 Å². The Hall–Kier alpha value is -3.59. The van der Waals surface area contributed by atoms with Crippen LogP contribution in [0.1, 0.15) is 23.2 Å². The topological polar surface area (TPSA) is 118 Å². The summed E-state index contributed by atoms with van der Waals surface area (Å²) >= 11 is 0. The van der Waals surface area contributed by atoms with Crippen molar-refractivity contribution in [2.24, 2.45) is 0 Å². The summed E-state index contributed by atoms with van der Waals surface area (Å²) in [5.74, 6) is 0.140. The van der Waals surface area contributed by atoms with Crippen LogP contribution in [0.4, 0.5) is 16.2 Å². The van der Waals surface area contributed by atoms with Crippen LogP contribution in [0.15, 0.2) is 48.5 Å². The zero-order valence-electron chi connectivity index (χ0n) is 17.3. The minimum Gasteiger partial charge on any atom is -0.495 e. The quantitative estimate of drug-likeness (QED) is 0.484. The highest BCUT2D eigenvalue weighted by Crippen LogP contribution is 2.23. The summed E-state index contributed by atoms with van der Waals surface area (Å²) in [5.41, 5.74) is 1.53. The Kier molecular flexibility index (Phi) is 7.83. The van der Waals surface area contributed by atoms with Gasteiger partial charge in [0, 0.05) is 30.9 Å². The Bertz CT molecular complexity index is 910. The summed E-state index contributed by atoms with van der Waals surface area (Å²) in [6, 6.07) is 13.1. The zero-order valence-corrected chi connectivity index (χ0v) is 17.3. The van der Waals surface area contributed by atoms with Crippen molar-refractivity contribution < 1.29 is 23.9 Å². The maximum absolute atomic E-state index is 12.2. The second-order valence-corrected chi connectivity index (χ2v) is 6.91. The maximum atomic E-state index is 12.2. The molecule has 1 heterocycles. The van der Waals surface area contributed by atoms with Gasteiger partial charge < -0.3 is 30.7 Å². The summed E-state index contributed by atoms with van der Waals surface area (Å²) in [7, 11) is 1.53. The van der Waals surface area contributed by atoms with Gasteiger partial charge in [0.25, 0.3) is 5.91 Å². The number of carbonyl (C=O) groups is 3. The Balaban J connectivity index is 1.42. The Morgan fingerprint density at radius 3 is 2.45 bits per heavy atom. The van der Waals surface area contributed by atoms with Gasteiger partial charge in [-0.15, -0.1) is 0 Å². The molecule has 0 spiro atoms. The van der Waals surface area contributed by atoms with Crippen molar-refractivity contribution in [3.8, 4) is 5.75 Å². The SMILES string of the molecule is COc1ccccc1NC(=O)Nc1ccc(C(=O)NCCNC(=O)C2CCCO2)cc1. The van der Waals surface area contributed by atoms with E-state index in [0.29, 0.717) is 42.4 Å². The molecule has 0 aromatic heterocycles. The van der Waals surface area contributed by atoms with Crippen LogP contribution in [0.25, 0.3) is 0 Å². The number of carbonyl (C=O) groups excluding carboxylic acids is 3. The number of ether oxygens (including phenoxy) is 2. The van der Waals surface area contributed by atoms with Gasteiger partial charge in [0.15, 0.2) is 0 Å². The van der Waals surface area contributed by atoms with Crippen molar-refractivity contribution in [3.05, 3.63) is 54.1 Å². The third kappa shape index (κ3) is 6.45. The lowest BCUT2D eigenvalue weighted by Crippen LogP contribution is -2.39. The van der Waals surface area contributed by atoms with E-state index in [1.54, 1.807) is 42.5 Å². The van der Waals surface area contributed by atoms with E-state index >= 15 is 0 Å². The molecule has 1 saturated heterocycles. The van der Waals surface area contributed by atoms with E-state index in [4.69, 9.17) is 9.47 Å². The van der Waals surface area contributed by atoms with Crippen LogP contribution in [0, 0.1) is 0 Å². The number of nitrogens with one attached hydrogen (secondary N) is 4. The van der Waals surface area contributed by atoms with Gasteiger partial charge in [-0.3, -0.25) is 9.59 Å². The monoisotopic (exact) mass is 426 g/mol. The second kappa shape index (κ2) is 11.0. The highest BCUT2D eigenvalue weighted by molar-refractivity contribution is 6.01. The molecule has 1 atom stereocenters. The van der Waals surface area contributed by atoms with E-state index in [9.17, 15) is 14.4 Å². The van der Waals surface area contributed by atoms with Gasteiger partial charge in [-0.05, 0) is 49.2 Å². The van der Waals surface area contributed by atoms with E-state index in [1.807, 2.05) is 6.07 Å². The molecule has 4 amide bonds. The molecule has 0 bridgehead atoms. The normalized spacial score (nSPS) is 15.1. The van der Waals surface area contributed by atoms with E-state index in [2.05, 4.69) is 21.3 Å². The van der Waals surface area contributed by atoms with E-state index in [-0.39, 0.29) is 17.9 Å². The highest BCUT2D eigenvalue weighted by Gasteiger charge is 2.22. The lowest BCUT2D eigenvalue weighted by molar-refractivity contribution is -0.129. The highest BCUT2D eigenvalue weighted by atomic mass is 16.5. The lowest BCUT2D eigenvalue weighted by Gasteiger charge is -2.12. The van der Waals surface area contributed by atoms with Gasteiger partial charge in [-0.1, -0.05) is 12.1 Å². The first-order valence-electron chi connectivity index (χ1n) is 10.1. The predicted molar refractivity (Wildman–Crippen MR) is 116 cm³/mol. The molecule has 31 heavy (non-hydrogen) atoms. The summed E-state index contributed by atoms with van der Waals surface area (Å²) in [4.78, 5) is 36.3. The molecule has 2 aromatic rings. The van der Waals surface area contributed by atoms with Crippen LogP contribution in [0.2, 0.25) is 0 Å². The predicted octanol–water partition coefficient (Wildman–Crippen LogP) is 2.36. The van der Waals surface area contributed by atoms with Crippen LogP contribution in [-0.2, 0) is 9.53 Å². The average Bonchev–Trinajstić information content (AvgIpc) is 3.32. The largest absolute Gasteiger partial charge is 0.495 e. The van der Waals surface area contributed by atoms with E-state index in [1.165, 1.54) is 7.11 Å². The third-order valence-electron chi connectivity index (χ3n) is 4.69. The van der Waals surface area contributed by atoms with Crippen molar-refractivity contribution in [2.45, 2.75) is 18.9 Å². The van der Waals surface area contributed by atoms with Gasteiger partial charge in [0.05, 0.1) is 12.8 Å². The standard InChI is InChI=1S/C22H26N4O5/c1-30-18-6-3-2-5-17(18)26-22(29)25-16-10-8-15(9-11-16)20(27)23-12-13-24-21(28)19-7-4-14-31-19/h2-3,5-6,8-11,19H,4,7,12-14H2,1H3,(H,23,27)(H,24,28)(H2,25,26,29). The molecule has 0 aliphatic carbocycles. The number of benzene rings is 2. The van der Waals surface area contributed by atoms with Crippen molar-refractivity contribution in [3.63, 3.8) is 0 Å². The number of rotatable bonds is 8. The summed E-state index contributed by atoms with van der Waals surface area (Å²) < 4.78 is 10.5. The molecule has 1 aliphatic heterocycles. The molecule has 9 nitrogen and oxygen atoms in total. The molecule has 0 radical (unpaired) electrons. The smallest absolute Gasteiger partial charge is 0.323 e. The third-order valence-corrected chi connectivity index (χ3v) is 4.69. The minimum absolute atomic E-state index is 0.145. The van der Waals surface area contributed by atoms with Crippen LogP contribution in [0.5, 0.6) is 5.75 Å². The van der Waals surface area contributed by atoms with Crippen molar-refractivity contribution in [2.75, 3.05) is 37.4 Å². The molecule has 1 unspecified atom stereocenters. The fourth-order valence-electron chi connectivity index (χ4n) is 3.10. The molecular formula is C22H26N4O5. The van der Waals surface area contributed by atoms with E-state index < -0.39 is 6.03 Å². The second-order valence-electron chi connectivity index (χ2n) is 6.91. The zero-order chi connectivity index (χ0) is 22.1. The van der Waals surface area contributed by atoms with Crippen LogP contribution >= 0.6 is 0 Å². The fraction of sp³-hybridized carbons (Fsp3) is 0.318. The first kappa shape index (κ1) is 22.1. The molecule has 4 N–H and O–H groups in total. The molecule has 164 valence electrons. The van der Waals surface area contributed by atoms with Gasteiger partial charge in [-0.25, -0.2) is 4.79 Å². The van der Waals surface area contributed by atoms with Crippen LogP contribution in [0.3, 0.4) is 0 Å². The first-order valence-corrected chi connectivity index (χ1v) is 10.1. The van der Waals surface area contributed by atoms with Crippen molar-refractivity contribution >= 4 is 29.2 Å². The minimum atomic E-state index is -0.427. The average molecular weight is 426 g/mol. The number of anilines is 2. The van der Waals surface area contributed by atoms with Gasteiger partial charge in [0.2, 0.25) is 5.91 Å². The molecule has 1 fully saturated rings. The number of hydrogen-bond donors (Lipinski definition) is 4. The number of amides is 4. The molecule has 0 saturated carbocycles. The molecule has 1 aliphatic rings. The van der Waals surface area contributed by atoms with Crippen LogP contribution in [-0.4, -0.2) is 50.8 Å². The number of methoxy groups -OCH3 is 1. The Morgan fingerprint density at radius 1 is 1.00 bits per heavy atom. The molecule has 3 rings (SSSR count). The molecular weight excluding hydrogens is 400 g/mol. The molecule has 9 heteroatoms. The van der Waals surface area contributed by atoms with E-state index in [0.717, 1.165) is 12.8 Å². The number of urea groups is 1. The van der Waals surface area contributed by atoms with Gasteiger partial charge >= 0.3 is 6.03 Å². The fourth-order valence-corrected chi connectivity index (χ4v) is 3.10. The van der Waals surface area contributed by atoms with Crippen molar-refractivity contribution in [1.29, 1.82) is 0 Å². The van der Waals surface area contributed by atoms with Gasteiger partial charge in [-0.2, -0.15) is 0 Å². The summed E-state index contributed by atoms with van der Waals surface area (Å²) in [6.45, 7) is 1.24. The Morgan fingerprint density at radius 2 is 1.74 bits per heavy atom. The number of hydrogen-bond acceptors (Lipinski definition) is 5. The van der Waals surface area contributed by atoms with Gasteiger partial charge in [0.1, 0.15) is 11.9 Å². The lowest BCUT2D eigenvalue weighted by atomic mass is 10.2. The molecule has 2 aromatic carbocycles. The van der Waals surface area contributed by atoms with Crippen LogP contribution < -0.4 is 26.0 Å². The first-order chi connectivity index (χ1) is 15.1.